The molecule has 3 heteroatoms. The van der Waals surface area contributed by atoms with E-state index in [0.29, 0.717) is 0 Å². The molecule has 0 heterocycles. The zero-order valence-electron chi connectivity index (χ0n) is 15.9. The van der Waals surface area contributed by atoms with Gasteiger partial charge >= 0.3 is 26.2 Å². The van der Waals surface area contributed by atoms with Crippen LogP contribution in [-0.4, -0.2) is 0 Å². The molecule has 136 valence electrons. The monoisotopic (exact) mass is 638 g/mol. The SMILES string of the molecule is CC1=CC=C2[CH-]CCC2C1C.CC1=CC=C2[CH-]CCC2C1C.[I-].[I-].[Zr+4]. The maximum Gasteiger partial charge on any atom is 4.00 e. The second-order valence-corrected chi connectivity index (χ2v) is 7.51. The topological polar surface area (TPSA) is 0 Å². The Hall–Kier alpha value is 1.04. The van der Waals surface area contributed by atoms with E-state index < -0.39 is 0 Å². The minimum atomic E-state index is 0. The van der Waals surface area contributed by atoms with Gasteiger partial charge in [0, 0.05) is 0 Å². The fraction of sp³-hybridized carbons (Fsp3) is 0.545. The van der Waals surface area contributed by atoms with Gasteiger partial charge in [0.25, 0.3) is 0 Å². The van der Waals surface area contributed by atoms with Gasteiger partial charge in [-0.25, -0.2) is 36.1 Å². The summed E-state index contributed by atoms with van der Waals surface area (Å²) in [6, 6.07) is 0. The Balaban J connectivity index is 0.000000411. The summed E-state index contributed by atoms with van der Waals surface area (Å²) < 4.78 is 0. The summed E-state index contributed by atoms with van der Waals surface area (Å²) in [5.74, 6) is 3.27. The molecular formula is C22H30I2Zr. The molecule has 4 aliphatic carbocycles. The summed E-state index contributed by atoms with van der Waals surface area (Å²) in [4.78, 5) is 0. The summed E-state index contributed by atoms with van der Waals surface area (Å²) in [5.41, 5.74) is 6.27. The molecule has 4 rings (SSSR count). The Morgan fingerprint density at radius 1 is 0.720 bits per heavy atom. The van der Waals surface area contributed by atoms with Gasteiger partial charge in [-0.3, -0.25) is 0 Å². The van der Waals surface area contributed by atoms with E-state index in [1.807, 2.05) is 0 Å². The summed E-state index contributed by atoms with van der Waals surface area (Å²) in [5, 5.41) is 0. The first kappa shape index (κ1) is 26.0. The second-order valence-electron chi connectivity index (χ2n) is 7.51. The minimum absolute atomic E-state index is 0. The van der Waals surface area contributed by atoms with E-state index in [4.69, 9.17) is 0 Å². The van der Waals surface area contributed by atoms with E-state index in [2.05, 4.69) is 64.8 Å². The predicted molar refractivity (Wildman–Crippen MR) is 96.1 cm³/mol. The van der Waals surface area contributed by atoms with Crippen molar-refractivity contribution in [2.24, 2.45) is 23.7 Å². The summed E-state index contributed by atoms with van der Waals surface area (Å²) in [7, 11) is 0. The fourth-order valence-electron chi connectivity index (χ4n) is 4.35. The van der Waals surface area contributed by atoms with Crippen LogP contribution in [0.15, 0.2) is 46.6 Å². The molecule has 0 bridgehead atoms. The van der Waals surface area contributed by atoms with Crippen molar-refractivity contribution in [1.29, 1.82) is 0 Å². The molecule has 0 saturated heterocycles. The first-order valence-corrected chi connectivity index (χ1v) is 9.01. The average molecular weight is 640 g/mol. The third-order valence-electron chi connectivity index (χ3n) is 6.29. The minimum Gasteiger partial charge on any atom is -1.00 e. The van der Waals surface area contributed by atoms with Gasteiger partial charge in [0.05, 0.1) is 0 Å². The third kappa shape index (κ3) is 6.01. The molecule has 0 aromatic carbocycles. The van der Waals surface area contributed by atoms with Gasteiger partial charge in [0.15, 0.2) is 0 Å². The summed E-state index contributed by atoms with van der Waals surface area (Å²) in [6.07, 6.45) is 19.3. The van der Waals surface area contributed by atoms with Crippen LogP contribution in [0.5, 0.6) is 0 Å². The van der Waals surface area contributed by atoms with Gasteiger partial charge in [0.2, 0.25) is 0 Å². The van der Waals surface area contributed by atoms with E-state index >= 15 is 0 Å². The zero-order valence-corrected chi connectivity index (χ0v) is 22.6. The van der Waals surface area contributed by atoms with Crippen LogP contribution in [0.1, 0.15) is 53.4 Å². The molecule has 0 spiro atoms. The van der Waals surface area contributed by atoms with Crippen molar-refractivity contribution in [3.05, 3.63) is 59.4 Å². The molecule has 0 aromatic rings. The largest absolute Gasteiger partial charge is 4.00 e. The number of halogens is 2. The van der Waals surface area contributed by atoms with E-state index in [1.165, 1.54) is 25.7 Å². The molecule has 0 aliphatic heterocycles. The fourth-order valence-corrected chi connectivity index (χ4v) is 4.35. The molecule has 0 aromatic heterocycles. The Bertz CT molecular complexity index is 506. The molecule has 0 radical (unpaired) electrons. The van der Waals surface area contributed by atoms with E-state index in [0.717, 1.165) is 23.7 Å². The second kappa shape index (κ2) is 11.8. The van der Waals surface area contributed by atoms with Crippen LogP contribution in [0.25, 0.3) is 0 Å². The maximum atomic E-state index is 2.39. The van der Waals surface area contributed by atoms with Crippen LogP contribution in [0, 0.1) is 36.5 Å². The zero-order chi connectivity index (χ0) is 15.7. The average Bonchev–Trinajstić information content (AvgIpc) is 3.16. The summed E-state index contributed by atoms with van der Waals surface area (Å²) >= 11 is 0. The molecule has 4 unspecified atom stereocenters. The number of fused-ring (bicyclic) bond motifs is 2. The molecule has 25 heavy (non-hydrogen) atoms. The molecule has 0 amide bonds. The van der Waals surface area contributed by atoms with Gasteiger partial charge in [-0.05, 0) is 37.5 Å². The molecule has 4 aliphatic rings. The number of hydrogen-bond donors (Lipinski definition) is 0. The van der Waals surface area contributed by atoms with Crippen molar-refractivity contribution < 1.29 is 74.2 Å². The summed E-state index contributed by atoms with van der Waals surface area (Å²) in [6.45, 7) is 9.19. The Morgan fingerprint density at radius 2 is 1.08 bits per heavy atom. The molecule has 0 N–H and O–H groups in total. The van der Waals surface area contributed by atoms with Gasteiger partial charge in [-0.15, -0.1) is 25.0 Å². The van der Waals surface area contributed by atoms with Crippen LogP contribution in [0.3, 0.4) is 0 Å². The van der Waals surface area contributed by atoms with Crippen LogP contribution in [0.2, 0.25) is 0 Å². The number of rotatable bonds is 0. The van der Waals surface area contributed by atoms with Crippen molar-refractivity contribution in [1.82, 2.24) is 0 Å². The normalized spacial score (nSPS) is 31.2. The van der Waals surface area contributed by atoms with Gasteiger partial charge in [-0.2, -0.15) is 0 Å². The van der Waals surface area contributed by atoms with E-state index in [-0.39, 0.29) is 74.2 Å². The van der Waals surface area contributed by atoms with Crippen molar-refractivity contribution >= 4 is 0 Å². The van der Waals surface area contributed by atoms with Crippen molar-refractivity contribution in [3.63, 3.8) is 0 Å². The number of hydrogen-bond acceptors (Lipinski definition) is 0. The van der Waals surface area contributed by atoms with Crippen molar-refractivity contribution in [2.45, 2.75) is 53.4 Å². The predicted octanol–water partition coefficient (Wildman–Crippen LogP) is 0.252. The van der Waals surface area contributed by atoms with E-state index in [9.17, 15) is 0 Å². The van der Waals surface area contributed by atoms with Gasteiger partial charge < -0.3 is 48.0 Å². The Morgan fingerprint density at radius 3 is 1.44 bits per heavy atom. The van der Waals surface area contributed by atoms with Crippen LogP contribution >= 0.6 is 0 Å². The molecule has 0 nitrogen and oxygen atoms in total. The van der Waals surface area contributed by atoms with Crippen molar-refractivity contribution in [3.8, 4) is 0 Å². The van der Waals surface area contributed by atoms with E-state index in [1.54, 1.807) is 22.3 Å². The molecule has 2 saturated carbocycles. The van der Waals surface area contributed by atoms with Crippen LogP contribution in [-0.2, 0) is 26.2 Å². The van der Waals surface area contributed by atoms with Crippen LogP contribution < -0.4 is 48.0 Å². The standard InChI is InChI=1S/2C11H15.2HI.Zr/c2*1-8-6-7-10-4-3-5-11(10)9(8)2;;;/h2*4,6-7,9,11H,3,5H2,1-2H3;2*1H;/q2*-1;;;+4/p-2. The maximum absolute atomic E-state index is 2.39. The van der Waals surface area contributed by atoms with Crippen molar-refractivity contribution in [2.75, 3.05) is 0 Å². The van der Waals surface area contributed by atoms with Crippen LogP contribution in [0.4, 0.5) is 0 Å². The molecule has 2 fully saturated rings. The Kier molecular flexibility index (Phi) is 12.3. The first-order chi connectivity index (χ1) is 10.6. The third-order valence-corrected chi connectivity index (χ3v) is 6.29. The number of allylic oxidation sites excluding steroid dienone is 8. The smallest absolute Gasteiger partial charge is 1.00 e. The first-order valence-electron chi connectivity index (χ1n) is 9.01. The van der Waals surface area contributed by atoms with Gasteiger partial charge in [0.1, 0.15) is 0 Å². The van der Waals surface area contributed by atoms with Gasteiger partial charge in [-0.1, -0.05) is 37.8 Å². The molecule has 4 atom stereocenters. The quantitative estimate of drug-likeness (QED) is 0.264. The molecular weight excluding hydrogens is 609 g/mol. The Labute approximate surface area is 208 Å².